The molecule has 1 N–H and O–H groups in total. The van der Waals surface area contributed by atoms with Gasteiger partial charge in [0.25, 0.3) is 0 Å². The third-order valence-corrected chi connectivity index (χ3v) is 3.74. The summed E-state index contributed by atoms with van der Waals surface area (Å²) in [5, 5.41) is 2.83. The van der Waals surface area contributed by atoms with Crippen LogP contribution in [0.3, 0.4) is 0 Å². The highest BCUT2D eigenvalue weighted by Gasteiger charge is 2.06. The topological polar surface area (TPSA) is 51.2 Å². The Morgan fingerprint density at radius 2 is 1.72 bits per heavy atom. The molecule has 0 radical (unpaired) electrons. The summed E-state index contributed by atoms with van der Waals surface area (Å²) in [6, 6.07) is 21.3. The molecule has 0 atom stereocenters. The van der Waals surface area contributed by atoms with Crippen LogP contribution < -0.4 is 10.1 Å². The van der Waals surface area contributed by atoms with Crippen molar-refractivity contribution < 1.29 is 9.53 Å². The summed E-state index contributed by atoms with van der Waals surface area (Å²) < 4.78 is 5.40. The first-order valence-corrected chi connectivity index (χ1v) is 8.27. The molecule has 3 rings (SSSR count). The summed E-state index contributed by atoms with van der Waals surface area (Å²) in [4.78, 5) is 16.5. The smallest absolute Gasteiger partial charge is 0.229 e. The van der Waals surface area contributed by atoms with Gasteiger partial charge in [-0.3, -0.25) is 4.79 Å². The van der Waals surface area contributed by atoms with E-state index in [0.29, 0.717) is 18.8 Å². The summed E-state index contributed by atoms with van der Waals surface area (Å²) in [6.07, 6.45) is 2.07. The number of anilines is 1. The molecule has 0 bridgehead atoms. The first-order chi connectivity index (χ1) is 12.2. The maximum absolute atomic E-state index is 12.2. The number of carbonyl (C=O) groups is 1. The first kappa shape index (κ1) is 16.7. The van der Waals surface area contributed by atoms with Gasteiger partial charge in [-0.25, -0.2) is 4.98 Å². The van der Waals surface area contributed by atoms with Gasteiger partial charge in [-0.15, -0.1) is 0 Å². The zero-order valence-corrected chi connectivity index (χ0v) is 14.1. The van der Waals surface area contributed by atoms with Gasteiger partial charge in [0.05, 0.1) is 13.0 Å². The van der Waals surface area contributed by atoms with Gasteiger partial charge >= 0.3 is 0 Å². The minimum absolute atomic E-state index is 0.0934. The highest BCUT2D eigenvalue weighted by molar-refractivity contribution is 5.91. The molecule has 126 valence electrons. The molecule has 1 aromatic heterocycles. The Kier molecular flexibility index (Phi) is 5.42. The van der Waals surface area contributed by atoms with Crippen LogP contribution in [0.2, 0.25) is 0 Å². The quantitative estimate of drug-likeness (QED) is 0.731. The molecular formula is C21H20N2O2. The van der Waals surface area contributed by atoms with Gasteiger partial charge in [0.1, 0.15) is 11.6 Å². The number of hydrogen-bond donors (Lipinski definition) is 1. The van der Waals surface area contributed by atoms with Crippen LogP contribution in [0, 0.1) is 0 Å². The summed E-state index contributed by atoms with van der Waals surface area (Å²) in [7, 11) is 0. The van der Waals surface area contributed by atoms with Crippen LogP contribution in [0.15, 0.2) is 72.9 Å². The van der Waals surface area contributed by atoms with E-state index in [1.807, 2.05) is 73.7 Å². The van der Waals surface area contributed by atoms with Crippen molar-refractivity contribution in [3.8, 4) is 16.9 Å². The Hall–Kier alpha value is -3.14. The van der Waals surface area contributed by atoms with Crippen LogP contribution in [-0.4, -0.2) is 17.5 Å². The Labute approximate surface area is 147 Å². The normalized spacial score (nSPS) is 10.3. The zero-order valence-electron chi connectivity index (χ0n) is 14.1. The maximum Gasteiger partial charge on any atom is 0.229 e. The van der Waals surface area contributed by atoms with Crippen molar-refractivity contribution in [1.82, 2.24) is 4.98 Å². The van der Waals surface area contributed by atoms with E-state index in [-0.39, 0.29) is 5.91 Å². The molecule has 0 aliphatic carbocycles. The van der Waals surface area contributed by atoms with Crippen molar-refractivity contribution in [2.75, 3.05) is 11.9 Å². The summed E-state index contributed by atoms with van der Waals surface area (Å²) >= 11 is 0. The molecule has 25 heavy (non-hydrogen) atoms. The molecule has 1 amide bonds. The van der Waals surface area contributed by atoms with Crippen molar-refractivity contribution >= 4 is 11.7 Å². The van der Waals surface area contributed by atoms with Gasteiger partial charge in [-0.05, 0) is 42.3 Å². The number of aromatic nitrogens is 1. The lowest BCUT2D eigenvalue weighted by molar-refractivity contribution is -0.115. The van der Waals surface area contributed by atoms with Gasteiger partial charge in [-0.1, -0.05) is 42.5 Å². The molecule has 0 saturated carbocycles. The molecule has 0 saturated heterocycles. The Morgan fingerprint density at radius 3 is 2.36 bits per heavy atom. The van der Waals surface area contributed by atoms with Crippen LogP contribution in [0.5, 0.6) is 5.75 Å². The third-order valence-electron chi connectivity index (χ3n) is 3.74. The SMILES string of the molecule is CCOc1ccc(CC(=O)Nc2ccc(-c3ccccc3)cn2)cc1. The third kappa shape index (κ3) is 4.67. The van der Waals surface area contributed by atoms with Gasteiger partial charge < -0.3 is 10.1 Å². The number of nitrogens with one attached hydrogen (secondary N) is 1. The second kappa shape index (κ2) is 8.11. The molecular weight excluding hydrogens is 312 g/mol. The Balaban J connectivity index is 1.59. The fraction of sp³-hybridized carbons (Fsp3) is 0.143. The standard InChI is InChI=1S/C21H20N2O2/c1-2-25-19-11-8-16(9-12-19)14-21(24)23-20-13-10-18(15-22-20)17-6-4-3-5-7-17/h3-13,15H,2,14H2,1H3,(H,22,23,24). The lowest BCUT2D eigenvalue weighted by atomic mass is 10.1. The molecule has 1 heterocycles. The van der Waals surface area contributed by atoms with Crippen LogP contribution >= 0.6 is 0 Å². The minimum atomic E-state index is -0.0934. The van der Waals surface area contributed by atoms with Crippen molar-refractivity contribution in [1.29, 1.82) is 0 Å². The van der Waals surface area contributed by atoms with Crippen molar-refractivity contribution in [3.63, 3.8) is 0 Å². The Bertz CT molecular complexity index is 813. The van der Waals surface area contributed by atoms with Crippen LogP contribution in [0.25, 0.3) is 11.1 Å². The minimum Gasteiger partial charge on any atom is -0.494 e. The molecule has 0 aliphatic rings. The fourth-order valence-corrected chi connectivity index (χ4v) is 2.51. The molecule has 0 aliphatic heterocycles. The van der Waals surface area contributed by atoms with Crippen LogP contribution in [0.1, 0.15) is 12.5 Å². The van der Waals surface area contributed by atoms with E-state index in [2.05, 4.69) is 10.3 Å². The highest BCUT2D eigenvalue weighted by Crippen LogP contribution is 2.19. The highest BCUT2D eigenvalue weighted by atomic mass is 16.5. The number of pyridine rings is 1. The lowest BCUT2D eigenvalue weighted by Crippen LogP contribution is -2.15. The molecule has 2 aromatic carbocycles. The van der Waals surface area contributed by atoms with Crippen molar-refractivity contribution in [2.45, 2.75) is 13.3 Å². The first-order valence-electron chi connectivity index (χ1n) is 8.27. The predicted molar refractivity (Wildman–Crippen MR) is 99.6 cm³/mol. The van der Waals surface area contributed by atoms with E-state index in [1.165, 1.54) is 0 Å². The zero-order chi connectivity index (χ0) is 17.5. The number of hydrogen-bond acceptors (Lipinski definition) is 3. The second-order valence-electron chi connectivity index (χ2n) is 5.60. The number of nitrogens with zero attached hydrogens (tertiary/aromatic N) is 1. The van der Waals surface area contributed by atoms with Gasteiger partial charge in [0.2, 0.25) is 5.91 Å². The lowest BCUT2D eigenvalue weighted by Gasteiger charge is -2.07. The van der Waals surface area contributed by atoms with Crippen molar-refractivity contribution in [2.24, 2.45) is 0 Å². The van der Waals surface area contributed by atoms with E-state index in [4.69, 9.17) is 4.74 Å². The molecule has 0 spiro atoms. The largest absolute Gasteiger partial charge is 0.494 e. The average molecular weight is 332 g/mol. The second-order valence-corrected chi connectivity index (χ2v) is 5.60. The summed E-state index contributed by atoms with van der Waals surface area (Å²) in [5.74, 6) is 1.27. The molecule has 3 aromatic rings. The molecule has 4 nitrogen and oxygen atoms in total. The number of benzene rings is 2. The Morgan fingerprint density at radius 1 is 0.960 bits per heavy atom. The van der Waals surface area contributed by atoms with E-state index in [1.54, 1.807) is 6.20 Å². The maximum atomic E-state index is 12.2. The van der Waals surface area contributed by atoms with Gasteiger partial charge in [0, 0.05) is 11.8 Å². The molecule has 0 fully saturated rings. The molecule has 4 heteroatoms. The summed E-state index contributed by atoms with van der Waals surface area (Å²) in [5.41, 5.74) is 3.05. The number of carbonyl (C=O) groups excluding carboxylic acids is 1. The predicted octanol–water partition coefficient (Wildman–Crippen LogP) is 4.33. The van der Waals surface area contributed by atoms with E-state index >= 15 is 0 Å². The number of amides is 1. The number of ether oxygens (including phenoxy) is 1. The van der Waals surface area contributed by atoms with Gasteiger partial charge in [0.15, 0.2) is 0 Å². The monoisotopic (exact) mass is 332 g/mol. The fourth-order valence-electron chi connectivity index (χ4n) is 2.51. The van der Waals surface area contributed by atoms with E-state index in [9.17, 15) is 4.79 Å². The van der Waals surface area contributed by atoms with E-state index < -0.39 is 0 Å². The average Bonchev–Trinajstić information content (AvgIpc) is 2.65. The number of rotatable bonds is 6. The van der Waals surface area contributed by atoms with Crippen LogP contribution in [-0.2, 0) is 11.2 Å². The van der Waals surface area contributed by atoms with Gasteiger partial charge in [-0.2, -0.15) is 0 Å². The molecule has 0 unspecified atom stereocenters. The van der Waals surface area contributed by atoms with E-state index in [0.717, 1.165) is 22.4 Å². The van der Waals surface area contributed by atoms with Crippen molar-refractivity contribution in [3.05, 3.63) is 78.5 Å². The summed E-state index contributed by atoms with van der Waals surface area (Å²) in [6.45, 7) is 2.57. The van der Waals surface area contributed by atoms with Crippen LogP contribution in [0.4, 0.5) is 5.82 Å².